The van der Waals surface area contributed by atoms with Gasteiger partial charge in [0.15, 0.2) is 0 Å². The highest BCUT2D eigenvalue weighted by atomic mass is 16.5. The van der Waals surface area contributed by atoms with Crippen molar-refractivity contribution in [3.8, 4) is 5.75 Å². The smallest absolute Gasteiger partial charge is 0.217 e. The van der Waals surface area contributed by atoms with Gasteiger partial charge in [0.1, 0.15) is 11.6 Å². The molecular weight excluding hydrogens is 376 g/mol. The Balaban J connectivity index is 0.000000318. The van der Waals surface area contributed by atoms with Crippen LogP contribution in [0.2, 0.25) is 0 Å². The molecule has 172 valence electrons. The summed E-state index contributed by atoms with van der Waals surface area (Å²) in [5.41, 5.74) is 2.37. The number of carbonyl (C=O) groups is 1. The molecule has 0 atom stereocenters. The van der Waals surface area contributed by atoms with Crippen molar-refractivity contribution in [3.63, 3.8) is 0 Å². The molecule has 0 unspecified atom stereocenters. The van der Waals surface area contributed by atoms with Crippen LogP contribution in [0.15, 0.2) is 6.07 Å². The standard InChI is InChI=1S/C14H21N3O.C8H15NO.C2H6.H2/c1-3-16-5-7-17(8-6-16)14-12-4-9-18-13(12)10-11(2)15-14;1-7(10)9-8-5-3-2-4-6-8;1-2;/h10H,3-9H2,1-2H3;8H,2-6H2,1H3,(H,9,10);1-2H3;1H. The van der Waals surface area contributed by atoms with Crippen molar-refractivity contribution in [2.75, 3.05) is 44.2 Å². The monoisotopic (exact) mass is 420 g/mol. The van der Waals surface area contributed by atoms with E-state index in [1.165, 1.54) is 43.5 Å². The van der Waals surface area contributed by atoms with Gasteiger partial charge in [-0.1, -0.05) is 40.0 Å². The molecular formula is C24H44N4O2. The van der Waals surface area contributed by atoms with Gasteiger partial charge in [-0.15, -0.1) is 0 Å². The maximum absolute atomic E-state index is 10.6. The fraction of sp³-hybridized carbons (Fsp3) is 0.750. The maximum atomic E-state index is 10.6. The number of carbonyl (C=O) groups excluding carboxylic acids is 1. The number of fused-ring (bicyclic) bond motifs is 1. The first-order valence-electron chi connectivity index (χ1n) is 11.9. The Labute approximate surface area is 184 Å². The number of nitrogens with zero attached hydrogens (tertiary/aromatic N) is 3. The Morgan fingerprint density at radius 2 is 1.87 bits per heavy atom. The van der Waals surface area contributed by atoms with Gasteiger partial charge in [-0.2, -0.15) is 0 Å². The fourth-order valence-electron chi connectivity index (χ4n) is 4.35. The number of likely N-dealkylation sites (N-methyl/N-ethyl adjacent to an activating group) is 1. The van der Waals surface area contributed by atoms with Gasteiger partial charge in [-0.05, 0) is 26.3 Å². The lowest BCUT2D eigenvalue weighted by Crippen LogP contribution is -2.46. The summed E-state index contributed by atoms with van der Waals surface area (Å²) in [7, 11) is 0. The first-order chi connectivity index (χ1) is 14.6. The molecule has 1 amide bonds. The Bertz CT molecular complexity index is 657. The highest BCUT2D eigenvalue weighted by Gasteiger charge is 2.24. The Morgan fingerprint density at radius 3 is 2.47 bits per heavy atom. The van der Waals surface area contributed by atoms with Crippen LogP contribution in [0.3, 0.4) is 0 Å². The number of aromatic nitrogens is 1. The lowest BCUT2D eigenvalue weighted by atomic mass is 9.95. The summed E-state index contributed by atoms with van der Waals surface area (Å²) in [6.07, 6.45) is 7.27. The van der Waals surface area contributed by atoms with E-state index in [1.807, 2.05) is 20.8 Å². The zero-order chi connectivity index (χ0) is 21.9. The molecule has 30 heavy (non-hydrogen) atoms. The first-order valence-corrected chi connectivity index (χ1v) is 11.9. The number of anilines is 1. The Morgan fingerprint density at radius 1 is 1.20 bits per heavy atom. The molecule has 0 radical (unpaired) electrons. The predicted molar refractivity (Wildman–Crippen MR) is 127 cm³/mol. The quantitative estimate of drug-likeness (QED) is 0.794. The number of pyridine rings is 1. The van der Waals surface area contributed by atoms with Crippen molar-refractivity contribution in [2.45, 2.75) is 79.2 Å². The SMILES string of the molecule is CC.CC(=O)NC1CCCCC1.CCN1CCN(c2nc(C)cc3c2CCO3)CC1.[HH]. The van der Waals surface area contributed by atoms with E-state index in [0.29, 0.717) is 6.04 Å². The van der Waals surface area contributed by atoms with Crippen molar-refractivity contribution >= 4 is 11.7 Å². The highest BCUT2D eigenvalue weighted by molar-refractivity contribution is 5.73. The molecule has 2 fully saturated rings. The predicted octanol–water partition coefficient (Wildman–Crippen LogP) is 4.19. The van der Waals surface area contributed by atoms with Gasteiger partial charge in [0, 0.05) is 64.3 Å². The molecule has 0 spiro atoms. The summed E-state index contributed by atoms with van der Waals surface area (Å²) in [5.74, 6) is 2.33. The molecule has 6 nitrogen and oxygen atoms in total. The van der Waals surface area contributed by atoms with E-state index in [1.54, 1.807) is 6.92 Å². The lowest BCUT2D eigenvalue weighted by Gasteiger charge is -2.35. The normalized spacial score (nSPS) is 18.9. The average Bonchev–Trinajstić information content (AvgIpc) is 3.24. The van der Waals surface area contributed by atoms with Crippen LogP contribution in [0.5, 0.6) is 5.75 Å². The molecule has 1 N–H and O–H groups in total. The Kier molecular flexibility index (Phi) is 10.4. The maximum Gasteiger partial charge on any atom is 0.217 e. The van der Waals surface area contributed by atoms with Gasteiger partial charge >= 0.3 is 0 Å². The molecule has 4 rings (SSSR count). The number of piperazine rings is 1. The van der Waals surface area contributed by atoms with Crippen LogP contribution in [0.1, 0.15) is 72.5 Å². The van der Waals surface area contributed by atoms with Gasteiger partial charge in [0.25, 0.3) is 0 Å². The number of hydrogen-bond acceptors (Lipinski definition) is 5. The van der Waals surface area contributed by atoms with Crippen molar-refractivity contribution in [1.29, 1.82) is 0 Å². The van der Waals surface area contributed by atoms with Gasteiger partial charge in [0.05, 0.1) is 6.61 Å². The molecule has 3 heterocycles. The fourth-order valence-corrected chi connectivity index (χ4v) is 4.35. The van der Waals surface area contributed by atoms with Crippen molar-refractivity contribution in [3.05, 3.63) is 17.3 Å². The van der Waals surface area contributed by atoms with E-state index in [0.717, 1.165) is 57.2 Å². The third-order valence-electron chi connectivity index (χ3n) is 5.93. The summed E-state index contributed by atoms with van der Waals surface area (Å²) < 4.78 is 5.68. The highest BCUT2D eigenvalue weighted by Crippen LogP contribution is 2.33. The van der Waals surface area contributed by atoms with Crippen LogP contribution in [0.4, 0.5) is 5.82 Å². The minimum atomic E-state index is 0. The molecule has 1 saturated carbocycles. The minimum Gasteiger partial charge on any atom is -0.493 e. The third-order valence-corrected chi connectivity index (χ3v) is 5.93. The van der Waals surface area contributed by atoms with Crippen molar-refractivity contribution < 1.29 is 11.0 Å². The summed E-state index contributed by atoms with van der Waals surface area (Å²) in [6.45, 7) is 16.3. The van der Waals surface area contributed by atoms with Gasteiger partial charge in [0.2, 0.25) is 5.91 Å². The average molecular weight is 421 g/mol. The van der Waals surface area contributed by atoms with Crippen LogP contribution in [-0.2, 0) is 11.2 Å². The largest absolute Gasteiger partial charge is 0.493 e. The second kappa shape index (κ2) is 12.8. The zero-order valence-electron chi connectivity index (χ0n) is 19.8. The summed E-state index contributed by atoms with van der Waals surface area (Å²) in [5, 5.41) is 2.94. The summed E-state index contributed by atoms with van der Waals surface area (Å²) in [4.78, 5) is 20.3. The number of amides is 1. The number of aryl methyl sites for hydroxylation is 1. The second-order valence-electron chi connectivity index (χ2n) is 8.12. The van der Waals surface area contributed by atoms with E-state index >= 15 is 0 Å². The van der Waals surface area contributed by atoms with Crippen molar-refractivity contribution in [1.82, 2.24) is 15.2 Å². The van der Waals surface area contributed by atoms with Crippen LogP contribution < -0.4 is 15.0 Å². The molecule has 1 aliphatic carbocycles. The number of nitrogens with one attached hydrogen (secondary N) is 1. The number of rotatable bonds is 3. The van der Waals surface area contributed by atoms with Gasteiger partial charge in [-0.25, -0.2) is 4.98 Å². The van der Waals surface area contributed by atoms with E-state index in [-0.39, 0.29) is 7.33 Å². The van der Waals surface area contributed by atoms with E-state index < -0.39 is 0 Å². The lowest BCUT2D eigenvalue weighted by molar-refractivity contribution is -0.119. The van der Waals surface area contributed by atoms with Crippen LogP contribution in [0.25, 0.3) is 0 Å². The van der Waals surface area contributed by atoms with E-state index in [2.05, 4.69) is 28.1 Å². The third kappa shape index (κ3) is 7.15. The van der Waals surface area contributed by atoms with Gasteiger partial charge in [-0.3, -0.25) is 4.79 Å². The Hall–Kier alpha value is -1.82. The van der Waals surface area contributed by atoms with Crippen LogP contribution >= 0.6 is 0 Å². The van der Waals surface area contributed by atoms with Crippen LogP contribution in [-0.4, -0.2) is 61.2 Å². The topological polar surface area (TPSA) is 57.7 Å². The molecule has 1 aromatic rings. The summed E-state index contributed by atoms with van der Waals surface area (Å²) >= 11 is 0. The molecule has 6 heteroatoms. The molecule has 1 aromatic heterocycles. The minimum absolute atomic E-state index is 0. The van der Waals surface area contributed by atoms with E-state index in [9.17, 15) is 4.79 Å². The number of ether oxygens (including phenoxy) is 1. The molecule has 0 aromatic carbocycles. The van der Waals surface area contributed by atoms with Gasteiger partial charge < -0.3 is 19.9 Å². The second-order valence-corrected chi connectivity index (χ2v) is 8.12. The van der Waals surface area contributed by atoms with E-state index in [4.69, 9.17) is 9.72 Å². The summed E-state index contributed by atoms with van der Waals surface area (Å²) in [6, 6.07) is 2.54. The number of hydrogen-bond donors (Lipinski definition) is 1. The molecule has 1 saturated heterocycles. The molecule has 0 bridgehead atoms. The first kappa shape index (κ1) is 24.4. The molecule has 3 aliphatic rings. The molecule has 2 aliphatic heterocycles. The van der Waals surface area contributed by atoms with Crippen molar-refractivity contribution in [2.24, 2.45) is 0 Å². The van der Waals surface area contributed by atoms with Crippen LogP contribution in [0, 0.1) is 6.92 Å². The zero-order valence-corrected chi connectivity index (χ0v) is 19.8.